The van der Waals surface area contributed by atoms with Gasteiger partial charge >= 0.3 is 0 Å². The lowest BCUT2D eigenvalue weighted by Crippen LogP contribution is -2.35. The minimum absolute atomic E-state index is 0.455. The number of rotatable bonds is 3. The Morgan fingerprint density at radius 2 is 1.95 bits per heavy atom. The lowest BCUT2D eigenvalue weighted by atomic mass is 9.70. The molecule has 112 valence electrons. The summed E-state index contributed by atoms with van der Waals surface area (Å²) in [5.74, 6) is 0.806. The summed E-state index contributed by atoms with van der Waals surface area (Å²) >= 11 is 1.69. The fourth-order valence-corrected chi connectivity index (χ4v) is 4.41. The molecule has 1 heterocycles. The number of nitrogens with zero attached hydrogens (tertiary/aromatic N) is 1. The highest BCUT2D eigenvalue weighted by Gasteiger charge is 2.31. The summed E-state index contributed by atoms with van der Waals surface area (Å²) in [6.45, 7) is 7.16. The maximum absolute atomic E-state index is 4.36. The van der Waals surface area contributed by atoms with Crippen LogP contribution in [0.2, 0.25) is 0 Å². The van der Waals surface area contributed by atoms with E-state index in [1.807, 2.05) is 11.6 Å². The summed E-state index contributed by atoms with van der Waals surface area (Å²) in [7, 11) is 0. The van der Waals surface area contributed by atoms with Gasteiger partial charge < -0.3 is 5.32 Å². The molecular formula is C18H24N2S. The summed E-state index contributed by atoms with van der Waals surface area (Å²) in [5.41, 5.74) is 2.88. The zero-order valence-electron chi connectivity index (χ0n) is 13.1. The van der Waals surface area contributed by atoms with Crippen molar-refractivity contribution in [1.82, 2.24) is 4.98 Å². The molecule has 1 aliphatic carbocycles. The van der Waals surface area contributed by atoms with E-state index in [4.69, 9.17) is 0 Å². The smallest absolute Gasteiger partial charge is 0.123 e. The van der Waals surface area contributed by atoms with Crippen LogP contribution in [0, 0.1) is 11.3 Å². The van der Waals surface area contributed by atoms with Crippen LogP contribution in [-0.2, 0) is 0 Å². The van der Waals surface area contributed by atoms with Crippen LogP contribution in [0.5, 0.6) is 0 Å². The van der Waals surface area contributed by atoms with E-state index in [2.05, 4.69) is 55.3 Å². The summed E-state index contributed by atoms with van der Waals surface area (Å²) in [6, 6.07) is 9.29. The third-order valence-corrected chi connectivity index (χ3v) is 5.14. The molecule has 0 spiro atoms. The van der Waals surface area contributed by atoms with Crippen molar-refractivity contribution in [2.45, 2.75) is 46.1 Å². The Morgan fingerprint density at radius 3 is 2.57 bits per heavy atom. The standard InChI is InChI=1S/C18H24N2S/c1-13-10-16(12-18(2,3)11-13)20-15-6-4-14(5-7-15)17-19-8-9-21-17/h4-9,13,16,20H,10-12H2,1-3H3. The van der Waals surface area contributed by atoms with Crippen LogP contribution in [0.4, 0.5) is 5.69 Å². The average Bonchev–Trinajstić information content (AvgIpc) is 2.91. The molecule has 0 bridgehead atoms. The Kier molecular flexibility index (Phi) is 4.03. The lowest BCUT2D eigenvalue weighted by Gasteiger charge is -2.39. The molecule has 0 radical (unpaired) electrons. The summed E-state index contributed by atoms with van der Waals surface area (Å²) in [6.07, 6.45) is 5.73. The second-order valence-electron chi connectivity index (χ2n) is 7.17. The molecular weight excluding hydrogens is 276 g/mol. The largest absolute Gasteiger partial charge is 0.382 e. The zero-order chi connectivity index (χ0) is 14.9. The van der Waals surface area contributed by atoms with Crippen molar-refractivity contribution in [3.8, 4) is 10.6 Å². The van der Waals surface area contributed by atoms with Gasteiger partial charge in [-0.15, -0.1) is 11.3 Å². The van der Waals surface area contributed by atoms with Crippen LogP contribution in [0.1, 0.15) is 40.0 Å². The Hall–Kier alpha value is -1.35. The van der Waals surface area contributed by atoms with Gasteiger partial charge in [-0.3, -0.25) is 0 Å². The fourth-order valence-electron chi connectivity index (χ4n) is 3.77. The summed E-state index contributed by atoms with van der Waals surface area (Å²) < 4.78 is 0. The Bertz CT molecular complexity index is 572. The molecule has 2 atom stereocenters. The van der Waals surface area contributed by atoms with Gasteiger partial charge in [0.1, 0.15) is 5.01 Å². The molecule has 0 aliphatic heterocycles. The van der Waals surface area contributed by atoms with Gasteiger partial charge in [0.15, 0.2) is 0 Å². The van der Waals surface area contributed by atoms with Gasteiger partial charge in [0, 0.05) is 28.9 Å². The van der Waals surface area contributed by atoms with E-state index in [0.29, 0.717) is 11.5 Å². The molecule has 2 nitrogen and oxygen atoms in total. The number of aromatic nitrogens is 1. The van der Waals surface area contributed by atoms with E-state index in [1.165, 1.54) is 30.5 Å². The molecule has 0 amide bonds. The van der Waals surface area contributed by atoms with Crippen molar-refractivity contribution in [2.75, 3.05) is 5.32 Å². The van der Waals surface area contributed by atoms with E-state index in [1.54, 1.807) is 11.3 Å². The van der Waals surface area contributed by atoms with Crippen LogP contribution < -0.4 is 5.32 Å². The first kappa shape index (κ1) is 14.6. The van der Waals surface area contributed by atoms with Crippen molar-refractivity contribution in [1.29, 1.82) is 0 Å². The van der Waals surface area contributed by atoms with E-state index in [9.17, 15) is 0 Å². The van der Waals surface area contributed by atoms with Gasteiger partial charge in [-0.05, 0) is 54.9 Å². The molecule has 21 heavy (non-hydrogen) atoms. The second kappa shape index (κ2) is 5.80. The van der Waals surface area contributed by atoms with Crippen LogP contribution in [-0.4, -0.2) is 11.0 Å². The molecule has 1 aliphatic rings. The number of hydrogen-bond donors (Lipinski definition) is 1. The highest BCUT2D eigenvalue weighted by molar-refractivity contribution is 7.13. The number of anilines is 1. The monoisotopic (exact) mass is 300 g/mol. The van der Waals surface area contributed by atoms with Gasteiger partial charge in [0.2, 0.25) is 0 Å². The lowest BCUT2D eigenvalue weighted by molar-refractivity contribution is 0.178. The first-order valence-electron chi connectivity index (χ1n) is 7.78. The SMILES string of the molecule is CC1CC(Nc2ccc(-c3nccs3)cc2)CC(C)(C)C1. The third kappa shape index (κ3) is 3.65. The Morgan fingerprint density at radius 1 is 1.19 bits per heavy atom. The van der Waals surface area contributed by atoms with Crippen molar-refractivity contribution >= 4 is 17.0 Å². The number of benzene rings is 1. The maximum Gasteiger partial charge on any atom is 0.123 e. The van der Waals surface area contributed by atoms with Gasteiger partial charge in [-0.1, -0.05) is 20.8 Å². The van der Waals surface area contributed by atoms with Crippen molar-refractivity contribution in [3.05, 3.63) is 35.8 Å². The molecule has 2 aromatic rings. The number of hydrogen-bond acceptors (Lipinski definition) is 3. The van der Waals surface area contributed by atoms with Gasteiger partial charge in [-0.25, -0.2) is 4.98 Å². The van der Waals surface area contributed by atoms with Crippen molar-refractivity contribution in [2.24, 2.45) is 11.3 Å². The minimum Gasteiger partial charge on any atom is -0.382 e. The van der Waals surface area contributed by atoms with Gasteiger partial charge in [0.05, 0.1) is 0 Å². The quantitative estimate of drug-likeness (QED) is 0.816. The molecule has 1 saturated carbocycles. The van der Waals surface area contributed by atoms with E-state index in [-0.39, 0.29) is 0 Å². The van der Waals surface area contributed by atoms with E-state index >= 15 is 0 Å². The minimum atomic E-state index is 0.455. The zero-order valence-corrected chi connectivity index (χ0v) is 13.9. The van der Waals surface area contributed by atoms with Crippen LogP contribution in [0.3, 0.4) is 0 Å². The predicted molar refractivity (Wildman–Crippen MR) is 91.8 cm³/mol. The van der Waals surface area contributed by atoms with Crippen molar-refractivity contribution < 1.29 is 0 Å². The molecule has 1 aromatic carbocycles. The molecule has 1 aromatic heterocycles. The maximum atomic E-state index is 4.36. The second-order valence-corrected chi connectivity index (χ2v) is 8.06. The summed E-state index contributed by atoms with van der Waals surface area (Å²) in [5, 5.41) is 6.83. The number of nitrogens with one attached hydrogen (secondary N) is 1. The molecule has 2 unspecified atom stereocenters. The molecule has 3 rings (SSSR count). The summed E-state index contributed by atoms with van der Waals surface area (Å²) in [4.78, 5) is 4.36. The predicted octanol–water partition coefficient (Wildman–Crippen LogP) is 5.44. The van der Waals surface area contributed by atoms with Gasteiger partial charge in [-0.2, -0.15) is 0 Å². The Balaban J connectivity index is 1.68. The molecule has 1 N–H and O–H groups in total. The van der Waals surface area contributed by atoms with Crippen LogP contribution in [0.25, 0.3) is 10.6 Å². The highest BCUT2D eigenvalue weighted by Crippen LogP contribution is 2.39. The Labute approximate surface area is 131 Å². The fraction of sp³-hybridized carbons (Fsp3) is 0.500. The first-order valence-corrected chi connectivity index (χ1v) is 8.66. The van der Waals surface area contributed by atoms with Crippen LogP contribution in [0.15, 0.2) is 35.8 Å². The van der Waals surface area contributed by atoms with Crippen molar-refractivity contribution in [3.63, 3.8) is 0 Å². The molecule has 3 heteroatoms. The normalized spacial score (nSPS) is 24.7. The first-order chi connectivity index (χ1) is 10.0. The third-order valence-electron chi connectivity index (χ3n) is 4.32. The number of thiazole rings is 1. The molecule has 0 saturated heterocycles. The average molecular weight is 300 g/mol. The molecule has 1 fully saturated rings. The highest BCUT2D eigenvalue weighted by atomic mass is 32.1. The van der Waals surface area contributed by atoms with Crippen LogP contribution >= 0.6 is 11.3 Å². The topological polar surface area (TPSA) is 24.9 Å². The van der Waals surface area contributed by atoms with E-state index in [0.717, 1.165) is 10.9 Å². The van der Waals surface area contributed by atoms with E-state index < -0.39 is 0 Å². The van der Waals surface area contributed by atoms with Gasteiger partial charge in [0.25, 0.3) is 0 Å².